The summed E-state index contributed by atoms with van der Waals surface area (Å²) < 4.78 is 39.8. The molecule has 1 aromatic carbocycles. The van der Waals surface area contributed by atoms with Crippen LogP contribution in [0.1, 0.15) is 5.82 Å². The molecular weight excluding hydrogens is 306 g/mol. The highest BCUT2D eigenvalue weighted by atomic mass is 35.5. The molecule has 0 fully saturated rings. The SMILES string of the molecule is CNCc1nc2cc(OC(F)(F)F)ccc2[nH]1.Cl.Cl. The molecule has 0 atom stereocenters. The summed E-state index contributed by atoms with van der Waals surface area (Å²) in [6.07, 6.45) is -4.68. The van der Waals surface area contributed by atoms with E-state index in [1.54, 1.807) is 7.05 Å². The summed E-state index contributed by atoms with van der Waals surface area (Å²) in [5.74, 6) is 0.388. The van der Waals surface area contributed by atoms with Crippen LogP contribution in [0.5, 0.6) is 5.75 Å². The van der Waals surface area contributed by atoms with Crippen LogP contribution >= 0.6 is 24.8 Å². The van der Waals surface area contributed by atoms with Crippen LogP contribution in [0, 0.1) is 0 Å². The summed E-state index contributed by atoms with van der Waals surface area (Å²) >= 11 is 0. The summed E-state index contributed by atoms with van der Waals surface area (Å²) in [5, 5.41) is 2.89. The molecule has 9 heteroatoms. The molecule has 0 amide bonds. The smallest absolute Gasteiger partial charge is 0.406 e. The Morgan fingerprint density at radius 1 is 1.32 bits per heavy atom. The standard InChI is InChI=1S/C10H10F3N3O.2ClH/c1-14-5-9-15-7-3-2-6(4-8(7)16-9)17-10(11,12)13;;/h2-4,14H,5H2,1H3,(H,15,16);2*1H. The lowest BCUT2D eigenvalue weighted by Crippen LogP contribution is -2.16. The van der Waals surface area contributed by atoms with Gasteiger partial charge in [0.25, 0.3) is 0 Å². The van der Waals surface area contributed by atoms with E-state index in [0.29, 0.717) is 23.4 Å². The fourth-order valence-electron chi connectivity index (χ4n) is 1.49. The van der Waals surface area contributed by atoms with E-state index in [4.69, 9.17) is 0 Å². The second-order valence-corrected chi connectivity index (χ2v) is 3.44. The van der Waals surface area contributed by atoms with Crippen LogP contribution in [0.4, 0.5) is 13.2 Å². The number of rotatable bonds is 3. The molecule has 2 N–H and O–H groups in total. The molecule has 0 saturated heterocycles. The molecule has 1 aromatic heterocycles. The fraction of sp³-hybridized carbons (Fsp3) is 0.300. The Labute approximate surface area is 119 Å². The topological polar surface area (TPSA) is 49.9 Å². The number of fused-ring (bicyclic) bond motifs is 1. The number of ether oxygens (including phenoxy) is 1. The van der Waals surface area contributed by atoms with E-state index in [9.17, 15) is 13.2 Å². The Kier molecular flexibility index (Phi) is 6.41. The molecule has 19 heavy (non-hydrogen) atoms. The first-order valence-electron chi connectivity index (χ1n) is 4.87. The van der Waals surface area contributed by atoms with Crippen LogP contribution < -0.4 is 10.1 Å². The molecule has 0 aliphatic rings. The van der Waals surface area contributed by atoms with E-state index in [1.165, 1.54) is 18.2 Å². The van der Waals surface area contributed by atoms with E-state index in [1.807, 2.05) is 0 Å². The number of hydrogen-bond donors (Lipinski definition) is 2. The maximum atomic E-state index is 12.0. The molecule has 4 nitrogen and oxygen atoms in total. The summed E-state index contributed by atoms with van der Waals surface area (Å²) in [5.41, 5.74) is 1.11. The summed E-state index contributed by atoms with van der Waals surface area (Å²) in [6.45, 7) is 0.518. The van der Waals surface area contributed by atoms with Gasteiger partial charge in [0.05, 0.1) is 17.6 Å². The third-order valence-electron chi connectivity index (χ3n) is 2.08. The molecule has 0 aliphatic carbocycles. The van der Waals surface area contributed by atoms with Crippen molar-refractivity contribution < 1.29 is 17.9 Å². The number of alkyl halides is 3. The zero-order chi connectivity index (χ0) is 12.5. The summed E-state index contributed by atoms with van der Waals surface area (Å²) in [7, 11) is 1.76. The molecule has 0 unspecified atom stereocenters. The van der Waals surface area contributed by atoms with Gasteiger partial charge < -0.3 is 15.0 Å². The second kappa shape index (κ2) is 6.83. The first-order chi connectivity index (χ1) is 7.98. The van der Waals surface area contributed by atoms with Gasteiger partial charge in [0.2, 0.25) is 0 Å². The lowest BCUT2D eigenvalue weighted by Gasteiger charge is -2.07. The number of H-pyrrole nitrogens is 1. The van der Waals surface area contributed by atoms with Crippen molar-refractivity contribution in [2.75, 3.05) is 7.05 Å². The highest BCUT2D eigenvalue weighted by Gasteiger charge is 2.31. The molecular formula is C10H12Cl2F3N3O. The second-order valence-electron chi connectivity index (χ2n) is 3.44. The van der Waals surface area contributed by atoms with Crippen molar-refractivity contribution in [1.29, 1.82) is 0 Å². The lowest BCUT2D eigenvalue weighted by atomic mass is 10.3. The number of aromatic amines is 1. The van der Waals surface area contributed by atoms with Gasteiger partial charge in [-0.25, -0.2) is 4.98 Å². The number of halogens is 5. The first kappa shape index (κ1) is 17.8. The number of hydrogen-bond acceptors (Lipinski definition) is 3. The zero-order valence-electron chi connectivity index (χ0n) is 9.75. The zero-order valence-corrected chi connectivity index (χ0v) is 11.4. The molecule has 108 valence electrons. The average molecular weight is 318 g/mol. The Morgan fingerprint density at radius 2 is 2.00 bits per heavy atom. The third-order valence-corrected chi connectivity index (χ3v) is 2.08. The highest BCUT2D eigenvalue weighted by molar-refractivity contribution is 5.85. The van der Waals surface area contributed by atoms with E-state index in [-0.39, 0.29) is 30.6 Å². The normalized spacial score (nSPS) is 10.7. The number of imidazole rings is 1. The molecule has 0 bridgehead atoms. The maximum absolute atomic E-state index is 12.0. The van der Waals surface area contributed by atoms with Crippen molar-refractivity contribution in [2.24, 2.45) is 0 Å². The predicted molar refractivity (Wildman–Crippen MR) is 70.0 cm³/mol. The van der Waals surface area contributed by atoms with Crippen molar-refractivity contribution in [1.82, 2.24) is 15.3 Å². The molecule has 2 rings (SSSR count). The van der Waals surface area contributed by atoms with Crippen molar-refractivity contribution in [3.05, 3.63) is 24.0 Å². The minimum Gasteiger partial charge on any atom is -0.406 e. The van der Waals surface area contributed by atoms with Gasteiger partial charge in [0.15, 0.2) is 0 Å². The highest BCUT2D eigenvalue weighted by Crippen LogP contribution is 2.25. The van der Waals surface area contributed by atoms with Crippen molar-refractivity contribution in [3.8, 4) is 5.75 Å². The Hall–Kier alpha value is -1.18. The van der Waals surface area contributed by atoms with Crippen molar-refractivity contribution in [2.45, 2.75) is 12.9 Å². The molecule has 0 radical (unpaired) electrons. The Morgan fingerprint density at radius 3 is 2.58 bits per heavy atom. The van der Waals surface area contributed by atoms with Crippen LogP contribution in [0.2, 0.25) is 0 Å². The number of benzene rings is 1. The largest absolute Gasteiger partial charge is 0.573 e. The minimum atomic E-state index is -4.68. The average Bonchev–Trinajstić information content (AvgIpc) is 2.57. The van der Waals surface area contributed by atoms with Gasteiger partial charge in [-0.05, 0) is 19.2 Å². The molecule has 0 saturated carbocycles. The van der Waals surface area contributed by atoms with Crippen molar-refractivity contribution >= 4 is 35.8 Å². The Bertz CT molecular complexity index is 530. The van der Waals surface area contributed by atoms with Gasteiger partial charge in [0.1, 0.15) is 11.6 Å². The van der Waals surface area contributed by atoms with Gasteiger partial charge in [-0.15, -0.1) is 38.0 Å². The minimum absolute atomic E-state index is 0. The summed E-state index contributed by atoms with van der Waals surface area (Å²) in [4.78, 5) is 7.10. The van der Waals surface area contributed by atoms with Gasteiger partial charge in [-0.1, -0.05) is 0 Å². The molecule has 0 spiro atoms. The number of nitrogens with one attached hydrogen (secondary N) is 2. The van der Waals surface area contributed by atoms with Gasteiger partial charge in [-0.2, -0.15) is 0 Å². The van der Waals surface area contributed by atoms with Gasteiger partial charge in [-0.3, -0.25) is 0 Å². The van der Waals surface area contributed by atoms with Crippen LogP contribution in [0.3, 0.4) is 0 Å². The number of aromatic nitrogens is 2. The predicted octanol–water partition coefficient (Wildman–Crippen LogP) is 3.02. The van der Waals surface area contributed by atoms with Gasteiger partial charge in [0, 0.05) is 6.07 Å². The lowest BCUT2D eigenvalue weighted by molar-refractivity contribution is -0.274. The molecule has 2 aromatic rings. The quantitative estimate of drug-likeness (QED) is 0.915. The number of nitrogens with zero attached hydrogens (tertiary/aromatic N) is 1. The van der Waals surface area contributed by atoms with E-state index in [0.717, 1.165) is 0 Å². The van der Waals surface area contributed by atoms with Crippen LogP contribution in [-0.2, 0) is 6.54 Å². The third kappa shape index (κ3) is 4.77. The van der Waals surface area contributed by atoms with Crippen LogP contribution in [-0.4, -0.2) is 23.4 Å². The van der Waals surface area contributed by atoms with Crippen LogP contribution in [0.25, 0.3) is 11.0 Å². The van der Waals surface area contributed by atoms with E-state index in [2.05, 4.69) is 20.0 Å². The van der Waals surface area contributed by atoms with Crippen LogP contribution in [0.15, 0.2) is 18.2 Å². The van der Waals surface area contributed by atoms with E-state index >= 15 is 0 Å². The molecule has 1 heterocycles. The monoisotopic (exact) mass is 317 g/mol. The fourth-order valence-corrected chi connectivity index (χ4v) is 1.49. The van der Waals surface area contributed by atoms with E-state index < -0.39 is 6.36 Å². The first-order valence-corrected chi connectivity index (χ1v) is 4.87. The van der Waals surface area contributed by atoms with Crippen molar-refractivity contribution in [3.63, 3.8) is 0 Å². The van der Waals surface area contributed by atoms with Gasteiger partial charge >= 0.3 is 6.36 Å². The summed E-state index contributed by atoms with van der Waals surface area (Å²) in [6, 6.07) is 4.00. The Balaban J connectivity index is 0.00000162. The maximum Gasteiger partial charge on any atom is 0.573 e. The molecule has 0 aliphatic heterocycles.